The monoisotopic (exact) mass is 363 g/mol. The summed E-state index contributed by atoms with van der Waals surface area (Å²) in [7, 11) is 0. The summed E-state index contributed by atoms with van der Waals surface area (Å²) in [4.78, 5) is 16.0. The van der Waals surface area contributed by atoms with E-state index < -0.39 is 0 Å². The first-order chi connectivity index (χ1) is 12.8. The Morgan fingerprint density at radius 3 is 2.65 bits per heavy atom. The highest BCUT2D eigenvalue weighted by molar-refractivity contribution is 7.99. The van der Waals surface area contributed by atoms with E-state index in [1.807, 2.05) is 72.8 Å². The van der Waals surface area contributed by atoms with Crippen LogP contribution in [0, 0.1) is 0 Å². The van der Waals surface area contributed by atoms with Gasteiger partial charge in [0.2, 0.25) is 5.91 Å². The van der Waals surface area contributed by atoms with Crippen LogP contribution < -0.4 is 10.2 Å². The van der Waals surface area contributed by atoms with Crippen LogP contribution in [0.2, 0.25) is 0 Å². The average Bonchev–Trinajstić information content (AvgIpc) is 2.68. The molecule has 2 aromatic carbocycles. The van der Waals surface area contributed by atoms with Gasteiger partial charge in [-0.05, 0) is 42.0 Å². The fourth-order valence-corrected chi connectivity index (χ4v) is 2.72. The van der Waals surface area contributed by atoms with Gasteiger partial charge in [-0.3, -0.25) is 4.79 Å². The van der Waals surface area contributed by atoms with E-state index in [9.17, 15) is 4.79 Å². The van der Waals surface area contributed by atoms with Gasteiger partial charge in [0, 0.05) is 6.20 Å². The highest BCUT2D eigenvalue weighted by atomic mass is 32.2. The number of hydrazone groups is 1. The maximum Gasteiger partial charge on any atom is 0.250 e. The predicted molar refractivity (Wildman–Crippen MR) is 104 cm³/mol. The number of nitrogens with one attached hydrogen (secondary N) is 1. The Hall–Kier alpha value is -3.12. The van der Waals surface area contributed by atoms with Gasteiger partial charge in [-0.2, -0.15) is 5.10 Å². The molecule has 1 N–H and O–H groups in total. The number of para-hydroxylation sites is 1. The zero-order valence-corrected chi connectivity index (χ0v) is 14.7. The first kappa shape index (κ1) is 17.7. The molecule has 26 heavy (non-hydrogen) atoms. The fraction of sp³-hybridized carbons (Fsp3) is 0.0500. The third kappa shape index (κ3) is 5.75. The molecule has 5 nitrogen and oxygen atoms in total. The number of hydrogen-bond acceptors (Lipinski definition) is 5. The number of nitrogens with zero attached hydrogens (tertiary/aromatic N) is 2. The largest absolute Gasteiger partial charge is 0.457 e. The molecule has 0 aliphatic heterocycles. The van der Waals surface area contributed by atoms with Crippen LogP contribution in [-0.2, 0) is 4.79 Å². The molecule has 0 bridgehead atoms. The molecule has 1 aromatic heterocycles. The van der Waals surface area contributed by atoms with E-state index in [4.69, 9.17) is 4.74 Å². The van der Waals surface area contributed by atoms with Crippen molar-refractivity contribution in [3.63, 3.8) is 0 Å². The number of pyridine rings is 1. The predicted octanol–water partition coefficient (Wildman–Crippen LogP) is 4.12. The van der Waals surface area contributed by atoms with Gasteiger partial charge in [-0.25, -0.2) is 10.4 Å². The van der Waals surface area contributed by atoms with Crippen LogP contribution in [0.3, 0.4) is 0 Å². The smallest absolute Gasteiger partial charge is 0.250 e. The summed E-state index contributed by atoms with van der Waals surface area (Å²) in [6.07, 6.45) is 3.28. The van der Waals surface area contributed by atoms with E-state index in [1.54, 1.807) is 12.4 Å². The molecule has 3 aromatic rings. The van der Waals surface area contributed by atoms with Gasteiger partial charge in [-0.15, -0.1) is 0 Å². The van der Waals surface area contributed by atoms with Crippen molar-refractivity contribution in [3.8, 4) is 11.5 Å². The van der Waals surface area contributed by atoms with Gasteiger partial charge in [0.1, 0.15) is 11.5 Å². The van der Waals surface area contributed by atoms with Crippen molar-refractivity contribution in [2.45, 2.75) is 5.03 Å². The summed E-state index contributed by atoms with van der Waals surface area (Å²) in [6, 6.07) is 22.6. The lowest BCUT2D eigenvalue weighted by Crippen LogP contribution is -2.19. The minimum absolute atomic E-state index is 0.186. The highest BCUT2D eigenvalue weighted by Crippen LogP contribution is 2.21. The number of amides is 1. The molecule has 0 aliphatic rings. The average molecular weight is 363 g/mol. The number of rotatable bonds is 7. The quantitative estimate of drug-likeness (QED) is 0.390. The Kier molecular flexibility index (Phi) is 6.39. The van der Waals surface area contributed by atoms with Crippen LogP contribution in [0.5, 0.6) is 11.5 Å². The molecular formula is C20H17N3O2S. The fourth-order valence-electron chi connectivity index (χ4n) is 2.07. The molecular weight excluding hydrogens is 346 g/mol. The van der Waals surface area contributed by atoms with Gasteiger partial charge in [-0.1, -0.05) is 48.2 Å². The second-order valence-electron chi connectivity index (χ2n) is 5.24. The van der Waals surface area contributed by atoms with Crippen molar-refractivity contribution >= 4 is 23.9 Å². The Morgan fingerprint density at radius 1 is 1.04 bits per heavy atom. The number of aromatic nitrogens is 1. The van der Waals surface area contributed by atoms with Crippen molar-refractivity contribution in [1.29, 1.82) is 0 Å². The van der Waals surface area contributed by atoms with Gasteiger partial charge in [0.15, 0.2) is 0 Å². The lowest BCUT2D eigenvalue weighted by Gasteiger charge is -2.05. The zero-order valence-electron chi connectivity index (χ0n) is 13.9. The Bertz CT molecular complexity index is 870. The van der Waals surface area contributed by atoms with Crippen LogP contribution >= 0.6 is 11.8 Å². The Labute approximate surface area is 156 Å². The summed E-state index contributed by atoms with van der Waals surface area (Å²) >= 11 is 1.36. The van der Waals surface area contributed by atoms with Gasteiger partial charge >= 0.3 is 0 Å². The lowest BCUT2D eigenvalue weighted by atomic mass is 10.2. The molecule has 1 amide bonds. The summed E-state index contributed by atoms with van der Waals surface area (Å²) in [5.74, 6) is 1.54. The summed E-state index contributed by atoms with van der Waals surface area (Å²) in [6.45, 7) is 0. The number of carbonyl (C=O) groups excluding carboxylic acids is 1. The Morgan fingerprint density at radius 2 is 1.85 bits per heavy atom. The van der Waals surface area contributed by atoms with Crippen LogP contribution in [0.25, 0.3) is 0 Å². The first-order valence-corrected chi connectivity index (χ1v) is 8.97. The molecule has 0 unspecified atom stereocenters. The number of carbonyl (C=O) groups is 1. The number of thioether (sulfide) groups is 1. The third-order valence-corrected chi connectivity index (χ3v) is 4.17. The van der Waals surface area contributed by atoms with E-state index >= 15 is 0 Å². The SMILES string of the molecule is O=C(CSc1ccccn1)NN=Cc1cccc(Oc2ccccc2)c1. The van der Waals surface area contributed by atoms with Crippen molar-refractivity contribution in [3.05, 3.63) is 84.6 Å². The van der Waals surface area contributed by atoms with Crippen molar-refractivity contribution in [2.24, 2.45) is 5.10 Å². The lowest BCUT2D eigenvalue weighted by molar-refractivity contribution is -0.118. The molecule has 3 rings (SSSR count). The van der Waals surface area contributed by atoms with Crippen LogP contribution in [0.15, 0.2) is 89.1 Å². The molecule has 6 heteroatoms. The maximum atomic E-state index is 11.8. The number of benzene rings is 2. The van der Waals surface area contributed by atoms with E-state index in [2.05, 4.69) is 15.5 Å². The minimum atomic E-state index is -0.186. The van der Waals surface area contributed by atoms with Crippen LogP contribution in [-0.4, -0.2) is 22.9 Å². The summed E-state index contributed by atoms with van der Waals surface area (Å²) in [5, 5.41) is 4.79. The molecule has 0 radical (unpaired) electrons. The molecule has 0 saturated heterocycles. The highest BCUT2D eigenvalue weighted by Gasteiger charge is 2.02. The topological polar surface area (TPSA) is 63.6 Å². The normalized spacial score (nSPS) is 10.6. The van der Waals surface area contributed by atoms with Gasteiger partial charge in [0.05, 0.1) is 17.0 Å². The van der Waals surface area contributed by atoms with Crippen molar-refractivity contribution in [1.82, 2.24) is 10.4 Å². The van der Waals surface area contributed by atoms with Crippen molar-refractivity contribution < 1.29 is 9.53 Å². The minimum Gasteiger partial charge on any atom is -0.457 e. The number of hydrogen-bond donors (Lipinski definition) is 1. The van der Waals surface area contributed by atoms with E-state index in [0.717, 1.165) is 16.3 Å². The molecule has 0 spiro atoms. The second-order valence-corrected chi connectivity index (χ2v) is 6.23. The van der Waals surface area contributed by atoms with Crippen LogP contribution in [0.1, 0.15) is 5.56 Å². The molecule has 0 saturated carbocycles. The standard InChI is InChI=1S/C20H17N3O2S/c24-19(15-26-20-11-4-5-12-21-20)23-22-14-16-7-6-10-18(13-16)25-17-8-2-1-3-9-17/h1-14H,15H2,(H,23,24). The van der Waals surface area contributed by atoms with Crippen molar-refractivity contribution in [2.75, 3.05) is 5.75 Å². The van der Waals surface area contributed by atoms with E-state index in [-0.39, 0.29) is 11.7 Å². The molecule has 0 atom stereocenters. The van der Waals surface area contributed by atoms with E-state index in [1.165, 1.54) is 11.8 Å². The molecule has 0 aliphatic carbocycles. The zero-order chi connectivity index (χ0) is 18.0. The first-order valence-electron chi connectivity index (χ1n) is 7.98. The Balaban J connectivity index is 1.50. The third-order valence-electron chi connectivity index (χ3n) is 3.23. The van der Waals surface area contributed by atoms with E-state index in [0.29, 0.717) is 5.75 Å². The maximum absolute atomic E-state index is 11.8. The number of ether oxygens (including phenoxy) is 1. The molecule has 1 heterocycles. The van der Waals surface area contributed by atoms with Gasteiger partial charge < -0.3 is 4.74 Å². The van der Waals surface area contributed by atoms with Gasteiger partial charge in [0.25, 0.3) is 0 Å². The second kappa shape index (κ2) is 9.39. The summed E-state index contributed by atoms with van der Waals surface area (Å²) in [5.41, 5.74) is 3.34. The van der Waals surface area contributed by atoms with Crippen LogP contribution in [0.4, 0.5) is 0 Å². The molecule has 0 fully saturated rings. The summed E-state index contributed by atoms with van der Waals surface area (Å²) < 4.78 is 5.77. The molecule has 130 valence electrons.